The van der Waals surface area contributed by atoms with Crippen LogP contribution in [0.4, 0.5) is 9.59 Å². The van der Waals surface area contributed by atoms with Crippen LogP contribution in [0.5, 0.6) is 0 Å². The number of carbonyl (C=O) groups is 4. The quantitative estimate of drug-likeness (QED) is 0.137. The van der Waals surface area contributed by atoms with Crippen LogP contribution < -0.4 is 10.6 Å². The third-order valence-corrected chi connectivity index (χ3v) is 12.8. The Hall–Kier alpha value is -5.66. The highest BCUT2D eigenvalue weighted by Gasteiger charge is 2.39. The number of aromatic amines is 2. The number of likely N-dealkylation sites (tertiary alicyclic amines) is 2. The van der Waals surface area contributed by atoms with E-state index in [1.165, 1.54) is 14.2 Å². The van der Waals surface area contributed by atoms with E-state index in [4.69, 9.17) is 19.4 Å². The van der Waals surface area contributed by atoms with E-state index in [2.05, 4.69) is 69.1 Å². The second-order valence-electron chi connectivity index (χ2n) is 16.3. The van der Waals surface area contributed by atoms with Gasteiger partial charge in [0.1, 0.15) is 11.6 Å². The van der Waals surface area contributed by atoms with Gasteiger partial charge in [0.05, 0.1) is 50.1 Å². The Morgan fingerprint density at radius 2 is 0.914 bits per heavy atom. The van der Waals surface area contributed by atoms with Crippen LogP contribution in [0.15, 0.2) is 60.9 Å². The molecule has 8 rings (SSSR count). The van der Waals surface area contributed by atoms with Gasteiger partial charge in [0.25, 0.3) is 0 Å². The smallest absolute Gasteiger partial charge is 0.407 e. The number of methoxy groups -OCH3 is 2. The topological polar surface area (TPSA) is 175 Å². The molecule has 58 heavy (non-hydrogen) atoms. The minimum absolute atomic E-state index is 0.0360. The Bertz CT molecular complexity index is 1920. The molecule has 0 radical (unpaired) electrons. The van der Waals surface area contributed by atoms with E-state index in [-0.39, 0.29) is 47.8 Å². The van der Waals surface area contributed by atoms with Crippen molar-refractivity contribution in [2.24, 2.45) is 11.8 Å². The van der Waals surface area contributed by atoms with Crippen molar-refractivity contribution in [1.82, 2.24) is 40.4 Å². The third kappa shape index (κ3) is 8.46. The number of alkyl carbamates (subject to hydrolysis) is 2. The Morgan fingerprint density at radius 3 is 1.28 bits per heavy atom. The number of ether oxygens (including phenoxy) is 2. The maximum atomic E-state index is 13.6. The minimum atomic E-state index is -0.417. The third-order valence-electron chi connectivity index (χ3n) is 12.8. The molecule has 2 atom stereocenters. The van der Waals surface area contributed by atoms with Crippen molar-refractivity contribution in [2.75, 3.05) is 27.3 Å². The van der Waals surface area contributed by atoms with Crippen molar-refractivity contribution in [2.45, 2.75) is 101 Å². The highest BCUT2D eigenvalue weighted by molar-refractivity contribution is 5.80. The Morgan fingerprint density at radius 1 is 0.552 bits per heavy atom. The first-order valence-electron chi connectivity index (χ1n) is 20.9. The number of imidazole rings is 2. The molecule has 4 N–H and O–H groups in total. The lowest BCUT2D eigenvalue weighted by molar-refractivity contribution is -0.138. The van der Waals surface area contributed by atoms with Gasteiger partial charge in [-0.3, -0.25) is 9.59 Å². The first-order chi connectivity index (χ1) is 28.3. The highest BCUT2D eigenvalue weighted by atomic mass is 16.5. The summed E-state index contributed by atoms with van der Waals surface area (Å²) in [4.78, 5) is 71.1. The fourth-order valence-corrected chi connectivity index (χ4v) is 9.51. The standard InChI is InChI=1S/C44H54N8O6/c1-57-43(55)47-33-19-15-31(16-20-33)41(53)51-23-3-5-37(51)39-45-25-35(49-39)29-11-7-27(8-12-29)28-9-13-30(14-10-28)36-26-46-40(50-36)38-6-4-24-52(38)42(54)32-17-21-34(22-18-32)48-44(56)58-2/h7-14,25-26,31-34,37-38H,3-6,15-24H2,1-2H3,(H,45,49)(H,46,50)(H,47,55)(H,48,56)/t31-,32-,33+,34+,37-,38-/m0/s1. The number of H-pyrrole nitrogens is 2. The molecule has 4 aromatic rings. The molecule has 2 aliphatic heterocycles. The molecule has 2 aromatic heterocycles. The van der Waals surface area contributed by atoms with Crippen molar-refractivity contribution < 1.29 is 28.7 Å². The number of nitrogens with zero attached hydrogens (tertiary/aromatic N) is 4. The molecule has 4 aliphatic rings. The van der Waals surface area contributed by atoms with Crippen molar-refractivity contribution in [1.29, 1.82) is 0 Å². The number of hydrogen-bond donors (Lipinski definition) is 4. The van der Waals surface area contributed by atoms with Crippen molar-refractivity contribution in [3.05, 3.63) is 72.6 Å². The molecule has 0 spiro atoms. The van der Waals surface area contributed by atoms with Gasteiger partial charge in [0.15, 0.2) is 0 Å². The zero-order valence-corrected chi connectivity index (χ0v) is 33.4. The maximum Gasteiger partial charge on any atom is 0.407 e. The monoisotopic (exact) mass is 790 g/mol. The van der Waals surface area contributed by atoms with Crippen LogP contribution in [0.2, 0.25) is 0 Å². The summed E-state index contributed by atoms with van der Waals surface area (Å²) in [7, 11) is 2.74. The molecule has 4 fully saturated rings. The normalized spacial score (nSPS) is 24.7. The molecule has 2 aromatic carbocycles. The van der Waals surface area contributed by atoms with E-state index >= 15 is 0 Å². The van der Waals surface area contributed by atoms with Crippen LogP contribution in [0.1, 0.15) is 101 Å². The van der Waals surface area contributed by atoms with E-state index < -0.39 is 12.2 Å². The summed E-state index contributed by atoms with van der Waals surface area (Å²) < 4.78 is 9.47. The molecule has 2 aliphatic carbocycles. The van der Waals surface area contributed by atoms with Crippen LogP contribution in [0, 0.1) is 11.8 Å². The number of nitrogens with one attached hydrogen (secondary N) is 4. The van der Waals surface area contributed by atoms with Gasteiger partial charge < -0.3 is 39.9 Å². The van der Waals surface area contributed by atoms with Crippen molar-refractivity contribution in [3.8, 4) is 33.6 Å². The van der Waals surface area contributed by atoms with Crippen molar-refractivity contribution in [3.63, 3.8) is 0 Å². The SMILES string of the molecule is COC(=O)N[C@H]1CC[C@@H](C(=O)N2CCC[C@H]2c2ncc(-c3ccc(-c4ccc(-c5cnc([C@@H]6CCCN6C(=O)[C@H]6CC[C@@H](NC(=O)OC)CC6)[nH]5)cc4)cc3)[nH]2)CC1. The van der Waals surface area contributed by atoms with Crippen LogP contribution in [0.25, 0.3) is 33.6 Å². The van der Waals surface area contributed by atoms with Gasteiger partial charge in [0, 0.05) is 37.0 Å². The second-order valence-corrected chi connectivity index (χ2v) is 16.3. The molecule has 0 unspecified atom stereocenters. The highest BCUT2D eigenvalue weighted by Crippen LogP contribution is 2.38. The molecule has 0 bridgehead atoms. The van der Waals surface area contributed by atoms with Crippen LogP contribution >= 0.6 is 0 Å². The maximum absolute atomic E-state index is 13.6. The molecular formula is C44H54N8O6. The molecular weight excluding hydrogens is 737 g/mol. The summed E-state index contributed by atoms with van der Waals surface area (Å²) in [5.74, 6) is 1.95. The minimum Gasteiger partial charge on any atom is -0.453 e. The van der Waals surface area contributed by atoms with E-state index in [0.29, 0.717) is 0 Å². The first kappa shape index (κ1) is 39.2. The molecule has 2 saturated carbocycles. The fraction of sp³-hybridized carbons (Fsp3) is 0.500. The van der Waals surface area contributed by atoms with E-state index in [1.54, 1.807) is 0 Å². The van der Waals surface area contributed by atoms with Crippen molar-refractivity contribution >= 4 is 24.0 Å². The summed E-state index contributed by atoms with van der Waals surface area (Å²) in [5.41, 5.74) is 6.09. The molecule has 4 amide bonds. The van der Waals surface area contributed by atoms with Gasteiger partial charge in [-0.2, -0.15) is 0 Å². The van der Waals surface area contributed by atoms with E-state index in [9.17, 15) is 19.2 Å². The van der Waals surface area contributed by atoms with Gasteiger partial charge in [-0.15, -0.1) is 0 Å². The van der Waals surface area contributed by atoms with Crippen LogP contribution in [-0.4, -0.2) is 93.1 Å². The molecule has 14 heteroatoms. The summed E-state index contributed by atoms with van der Waals surface area (Å²) in [5, 5.41) is 5.75. The summed E-state index contributed by atoms with van der Waals surface area (Å²) in [6, 6.07) is 16.8. The van der Waals surface area contributed by atoms with Gasteiger partial charge in [-0.1, -0.05) is 48.5 Å². The largest absolute Gasteiger partial charge is 0.453 e. The molecule has 4 heterocycles. The predicted octanol–water partition coefficient (Wildman–Crippen LogP) is 7.29. The average molecular weight is 791 g/mol. The second kappa shape index (κ2) is 17.5. The number of hydrogen-bond acceptors (Lipinski definition) is 8. The number of benzene rings is 2. The van der Waals surface area contributed by atoms with Crippen LogP contribution in [-0.2, 0) is 19.1 Å². The van der Waals surface area contributed by atoms with Crippen LogP contribution in [0.3, 0.4) is 0 Å². The lowest BCUT2D eigenvalue weighted by Crippen LogP contribution is -2.42. The Labute approximate surface area is 338 Å². The van der Waals surface area contributed by atoms with Gasteiger partial charge in [-0.05, 0) is 99.3 Å². The number of aromatic nitrogens is 4. The van der Waals surface area contributed by atoms with E-state index in [1.807, 2.05) is 22.2 Å². The Kier molecular flexibility index (Phi) is 11.8. The first-order valence-corrected chi connectivity index (χ1v) is 20.9. The van der Waals surface area contributed by atoms with Gasteiger partial charge in [-0.25, -0.2) is 19.6 Å². The summed E-state index contributed by atoms with van der Waals surface area (Å²) in [6.07, 6.45) is 12.7. The van der Waals surface area contributed by atoms with E-state index in [0.717, 1.165) is 135 Å². The lowest BCUT2D eigenvalue weighted by Gasteiger charge is -2.32. The number of amides is 4. The molecule has 306 valence electrons. The number of carbonyl (C=O) groups excluding carboxylic acids is 4. The Balaban J connectivity index is 0.858. The zero-order chi connectivity index (χ0) is 40.2. The average Bonchev–Trinajstić information content (AvgIpc) is 4.11. The molecule has 2 saturated heterocycles. The predicted molar refractivity (Wildman–Crippen MR) is 217 cm³/mol. The summed E-state index contributed by atoms with van der Waals surface area (Å²) in [6.45, 7) is 1.47. The zero-order valence-electron chi connectivity index (χ0n) is 33.4. The lowest BCUT2D eigenvalue weighted by atomic mass is 9.85. The summed E-state index contributed by atoms with van der Waals surface area (Å²) >= 11 is 0. The molecule has 14 nitrogen and oxygen atoms in total. The number of rotatable bonds is 9. The van der Waals surface area contributed by atoms with Gasteiger partial charge >= 0.3 is 12.2 Å². The van der Waals surface area contributed by atoms with Gasteiger partial charge in [0.2, 0.25) is 11.8 Å². The fourth-order valence-electron chi connectivity index (χ4n) is 9.51.